The van der Waals surface area contributed by atoms with Gasteiger partial charge in [0, 0.05) is 11.6 Å². The van der Waals surface area contributed by atoms with Crippen LogP contribution in [0.5, 0.6) is 5.75 Å². The van der Waals surface area contributed by atoms with Crippen LogP contribution in [0.15, 0.2) is 18.2 Å². The number of ether oxygens (including phenoxy) is 1. The van der Waals surface area contributed by atoms with Crippen molar-refractivity contribution in [2.24, 2.45) is 0 Å². The molecule has 0 aromatic heterocycles. The highest BCUT2D eigenvalue weighted by atomic mass is 19.1. The van der Waals surface area contributed by atoms with E-state index < -0.39 is 17.5 Å². The highest BCUT2D eigenvalue weighted by Gasteiger charge is 2.23. The molecule has 0 radical (unpaired) electrons. The first-order chi connectivity index (χ1) is 8.41. The van der Waals surface area contributed by atoms with Crippen LogP contribution in [0.2, 0.25) is 0 Å². The van der Waals surface area contributed by atoms with Gasteiger partial charge in [0.05, 0.1) is 11.7 Å². The largest absolute Gasteiger partial charge is 0.490 e. The molecule has 0 fully saturated rings. The van der Waals surface area contributed by atoms with Crippen molar-refractivity contribution in [2.75, 3.05) is 6.61 Å². The quantitative estimate of drug-likeness (QED) is 0.822. The summed E-state index contributed by atoms with van der Waals surface area (Å²) in [5.74, 6) is -0.142. The van der Waals surface area contributed by atoms with Crippen LogP contribution in [0.3, 0.4) is 0 Å². The fourth-order valence-electron chi connectivity index (χ4n) is 1.61. The van der Waals surface area contributed by atoms with Gasteiger partial charge in [-0.1, -0.05) is 13.8 Å². The Morgan fingerprint density at radius 3 is 2.39 bits per heavy atom. The molecule has 18 heavy (non-hydrogen) atoms. The molecule has 0 bridgehead atoms. The maximum Gasteiger partial charge on any atom is 0.132 e. The molecule has 1 atom stereocenters. The smallest absolute Gasteiger partial charge is 0.132 e. The van der Waals surface area contributed by atoms with Crippen LogP contribution in [-0.2, 0) is 0 Å². The lowest BCUT2D eigenvalue weighted by Gasteiger charge is -2.25. The predicted octanol–water partition coefficient (Wildman–Crippen LogP) is 2.81. The van der Waals surface area contributed by atoms with E-state index in [-0.39, 0.29) is 12.2 Å². The Bertz CT molecular complexity index is 387. The Balaban J connectivity index is 2.72. The minimum atomic E-state index is -0.876. The Morgan fingerprint density at radius 1 is 1.33 bits per heavy atom. The topological polar surface area (TPSA) is 49.7 Å². The molecule has 2 N–H and O–H groups in total. The first-order valence-electron chi connectivity index (χ1n) is 6.24. The average molecular weight is 256 g/mol. The van der Waals surface area contributed by atoms with Crippen molar-refractivity contribution < 1.29 is 19.3 Å². The fourth-order valence-corrected chi connectivity index (χ4v) is 1.61. The molecule has 0 saturated heterocycles. The maximum atomic E-state index is 13.6. The molecule has 4 heteroatoms. The van der Waals surface area contributed by atoms with Crippen molar-refractivity contribution in [2.45, 2.75) is 45.3 Å². The predicted molar refractivity (Wildman–Crippen MR) is 68.1 cm³/mol. The normalized spacial score (nSPS) is 13.4. The molecule has 102 valence electrons. The van der Waals surface area contributed by atoms with Crippen molar-refractivity contribution in [3.63, 3.8) is 0 Å². The van der Waals surface area contributed by atoms with Gasteiger partial charge in [0.15, 0.2) is 0 Å². The Kier molecular flexibility index (Phi) is 5.11. The second kappa shape index (κ2) is 6.16. The summed E-state index contributed by atoms with van der Waals surface area (Å²) < 4.78 is 19.0. The summed E-state index contributed by atoms with van der Waals surface area (Å²) in [6, 6.07) is 4.32. The molecule has 0 aliphatic rings. The third-order valence-corrected chi connectivity index (χ3v) is 3.25. The molecule has 1 aromatic carbocycles. The van der Waals surface area contributed by atoms with Crippen LogP contribution >= 0.6 is 0 Å². The summed E-state index contributed by atoms with van der Waals surface area (Å²) in [7, 11) is 0. The maximum absolute atomic E-state index is 13.6. The monoisotopic (exact) mass is 256 g/mol. The number of aliphatic hydroxyl groups is 2. The van der Waals surface area contributed by atoms with Gasteiger partial charge in [-0.15, -0.1) is 0 Å². The van der Waals surface area contributed by atoms with E-state index in [0.717, 1.165) is 0 Å². The Hall–Kier alpha value is -1.13. The minimum absolute atomic E-state index is 0.132. The summed E-state index contributed by atoms with van der Waals surface area (Å²) in [6.07, 6.45) is 0.317. The van der Waals surface area contributed by atoms with Gasteiger partial charge >= 0.3 is 0 Å². The lowest BCUT2D eigenvalue weighted by molar-refractivity contribution is -0.0114. The van der Waals surface area contributed by atoms with E-state index in [0.29, 0.717) is 18.6 Å². The van der Waals surface area contributed by atoms with Crippen LogP contribution in [0.4, 0.5) is 4.39 Å². The minimum Gasteiger partial charge on any atom is -0.490 e. The third-order valence-electron chi connectivity index (χ3n) is 3.25. The van der Waals surface area contributed by atoms with Gasteiger partial charge in [0.25, 0.3) is 0 Å². The molecule has 0 spiro atoms. The number of benzene rings is 1. The number of hydrogen-bond donors (Lipinski definition) is 2. The van der Waals surface area contributed by atoms with Crippen molar-refractivity contribution in [3.05, 3.63) is 29.6 Å². The second-order valence-electron chi connectivity index (χ2n) is 4.58. The van der Waals surface area contributed by atoms with Crippen LogP contribution in [0, 0.1) is 5.82 Å². The molecule has 0 aliphatic carbocycles. The van der Waals surface area contributed by atoms with Crippen molar-refractivity contribution in [3.8, 4) is 5.75 Å². The van der Waals surface area contributed by atoms with E-state index in [4.69, 9.17) is 4.74 Å². The highest BCUT2D eigenvalue weighted by Crippen LogP contribution is 2.23. The standard InChI is InChI=1S/C14H21FO3/c1-4-14(17,5-2)9-18-11-6-7-12(10(3)16)13(15)8-11/h6-8,10,16-17H,4-5,9H2,1-3H3/t10-/m1/s1. The zero-order valence-corrected chi connectivity index (χ0v) is 11.1. The third kappa shape index (κ3) is 3.68. The molecule has 0 heterocycles. The van der Waals surface area contributed by atoms with Crippen molar-refractivity contribution >= 4 is 0 Å². The number of halogens is 1. The number of aliphatic hydroxyl groups excluding tert-OH is 1. The molecule has 1 rings (SSSR count). The van der Waals surface area contributed by atoms with Gasteiger partial charge < -0.3 is 14.9 Å². The zero-order chi connectivity index (χ0) is 13.8. The molecule has 0 unspecified atom stereocenters. The molecule has 3 nitrogen and oxygen atoms in total. The fraction of sp³-hybridized carbons (Fsp3) is 0.571. The lowest BCUT2D eigenvalue weighted by atomic mass is 9.99. The van der Waals surface area contributed by atoms with E-state index >= 15 is 0 Å². The molecule has 0 aliphatic heterocycles. The second-order valence-corrected chi connectivity index (χ2v) is 4.58. The molecular formula is C14H21FO3. The van der Waals surface area contributed by atoms with Crippen molar-refractivity contribution in [1.82, 2.24) is 0 Å². The summed E-state index contributed by atoms with van der Waals surface area (Å²) >= 11 is 0. The van der Waals surface area contributed by atoms with Crippen LogP contribution in [0.25, 0.3) is 0 Å². The molecular weight excluding hydrogens is 235 g/mol. The lowest BCUT2D eigenvalue weighted by Crippen LogP contribution is -2.34. The summed E-state index contributed by atoms with van der Waals surface area (Å²) in [6.45, 7) is 5.40. The number of hydrogen-bond acceptors (Lipinski definition) is 3. The first-order valence-corrected chi connectivity index (χ1v) is 6.24. The van der Waals surface area contributed by atoms with Gasteiger partial charge in [-0.25, -0.2) is 4.39 Å². The van der Waals surface area contributed by atoms with Crippen LogP contribution in [-0.4, -0.2) is 22.4 Å². The molecule has 0 amide bonds. The zero-order valence-electron chi connectivity index (χ0n) is 11.1. The summed E-state index contributed by atoms with van der Waals surface area (Å²) in [4.78, 5) is 0. The van der Waals surface area contributed by atoms with Gasteiger partial charge in [0.2, 0.25) is 0 Å². The van der Waals surface area contributed by atoms with Crippen molar-refractivity contribution in [1.29, 1.82) is 0 Å². The van der Waals surface area contributed by atoms with E-state index in [1.165, 1.54) is 19.1 Å². The average Bonchev–Trinajstić information content (AvgIpc) is 2.35. The van der Waals surface area contributed by atoms with Gasteiger partial charge in [-0.05, 0) is 31.9 Å². The van der Waals surface area contributed by atoms with Gasteiger partial charge in [0.1, 0.15) is 18.2 Å². The van der Waals surface area contributed by atoms with Crippen LogP contribution in [0.1, 0.15) is 45.3 Å². The Morgan fingerprint density at radius 2 is 1.94 bits per heavy atom. The van der Waals surface area contributed by atoms with Gasteiger partial charge in [-0.3, -0.25) is 0 Å². The van der Waals surface area contributed by atoms with Crippen LogP contribution < -0.4 is 4.74 Å². The SMILES string of the molecule is CCC(O)(CC)COc1ccc([C@@H](C)O)c(F)c1. The van der Waals surface area contributed by atoms with E-state index in [9.17, 15) is 14.6 Å². The molecule has 0 saturated carbocycles. The van der Waals surface area contributed by atoms with E-state index in [1.54, 1.807) is 6.07 Å². The summed E-state index contributed by atoms with van der Waals surface area (Å²) in [5, 5.41) is 19.4. The summed E-state index contributed by atoms with van der Waals surface area (Å²) in [5.41, 5.74) is -0.636. The molecule has 1 aromatic rings. The first kappa shape index (κ1) is 14.9. The van der Waals surface area contributed by atoms with Gasteiger partial charge in [-0.2, -0.15) is 0 Å². The Labute approximate surface area is 107 Å². The van der Waals surface area contributed by atoms with E-state index in [2.05, 4.69) is 0 Å². The van der Waals surface area contributed by atoms with E-state index in [1.807, 2.05) is 13.8 Å². The highest BCUT2D eigenvalue weighted by molar-refractivity contribution is 5.30. The number of rotatable bonds is 6.